The summed E-state index contributed by atoms with van der Waals surface area (Å²) < 4.78 is 10.6. The molecule has 1 rings (SSSR count). The maximum Gasteiger partial charge on any atom is 0.119 e. The molecule has 1 aromatic carbocycles. The molecule has 0 aliphatic heterocycles. The second kappa shape index (κ2) is 8.17. The van der Waals surface area contributed by atoms with Gasteiger partial charge in [0.2, 0.25) is 0 Å². The number of hydrogen-bond acceptors (Lipinski definition) is 2. The average molecular weight is 194 g/mol. The minimum atomic E-state index is 0.702. The van der Waals surface area contributed by atoms with Crippen LogP contribution in [0.3, 0.4) is 0 Å². The lowest BCUT2D eigenvalue weighted by Gasteiger charge is -2.04. The van der Waals surface area contributed by atoms with Gasteiger partial charge in [0.05, 0.1) is 13.2 Å². The monoisotopic (exact) mass is 194 g/mol. The summed E-state index contributed by atoms with van der Waals surface area (Å²) in [5.41, 5.74) is 0. The summed E-state index contributed by atoms with van der Waals surface area (Å²) >= 11 is 0. The van der Waals surface area contributed by atoms with Crippen LogP contribution in [0.25, 0.3) is 0 Å². The third kappa shape index (κ3) is 4.55. The molecule has 0 fully saturated rings. The van der Waals surface area contributed by atoms with Crippen molar-refractivity contribution < 1.29 is 9.47 Å². The van der Waals surface area contributed by atoms with Crippen LogP contribution in [0.4, 0.5) is 0 Å². The Morgan fingerprint density at radius 2 is 1.14 bits per heavy atom. The van der Waals surface area contributed by atoms with Crippen LogP contribution in [0.15, 0.2) is 37.4 Å². The molecule has 0 bridgehead atoms. The molecule has 0 aromatic heterocycles. The van der Waals surface area contributed by atoms with Gasteiger partial charge in [-0.3, -0.25) is 0 Å². The van der Waals surface area contributed by atoms with Crippen molar-refractivity contribution in [1.82, 2.24) is 0 Å². The predicted molar refractivity (Wildman–Crippen MR) is 60.0 cm³/mol. The quantitative estimate of drug-likeness (QED) is 0.685. The van der Waals surface area contributed by atoms with Crippen LogP contribution in [-0.2, 0) is 0 Å². The first-order valence-electron chi connectivity index (χ1n) is 4.72. The first kappa shape index (κ1) is 12.6. The van der Waals surface area contributed by atoms with Crippen LogP contribution in [0.2, 0.25) is 0 Å². The minimum Gasteiger partial charge on any atom is -0.494 e. The summed E-state index contributed by atoms with van der Waals surface area (Å²) in [4.78, 5) is 0. The Bertz CT molecular complexity index is 204. The largest absolute Gasteiger partial charge is 0.494 e. The zero-order chi connectivity index (χ0) is 10.8. The molecule has 2 nitrogen and oxygen atoms in total. The first-order valence-corrected chi connectivity index (χ1v) is 4.72. The average Bonchev–Trinajstić information content (AvgIpc) is 2.25. The Balaban J connectivity index is 0.000000791. The van der Waals surface area contributed by atoms with Gasteiger partial charge in [0.1, 0.15) is 11.5 Å². The van der Waals surface area contributed by atoms with E-state index in [0.717, 1.165) is 11.5 Å². The van der Waals surface area contributed by atoms with Gasteiger partial charge in [-0.05, 0) is 38.1 Å². The van der Waals surface area contributed by atoms with Crippen molar-refractivity contribution in [3.63, 3.8) is 0 Å². The SMILES string of the molecule is C=C.CCOc1ccc(OCC)cc1. The molecule has 0 unspecified atom stereocenters. The van der Waals surface area contributed by atoms with Gasteiger partial charge in [0.25, 0.3) is 0 Å². The third-order valence-corrected chi connectivity index (χ3v) is 1.45. The van der Waals surface area contributed by atoms with E-state index >= 15 is 0 Å². The van der Waals surface area contributed by atoms with E-state index in [-0.39, 0.29) is 0 Å². The summed E-state index contributed by atoms with van der Waals surface area (Å²) in [5, 5.41) is 0. The summed E-state index contributed by atoms with van der Waals surface area (Å²) in [7, 11) is 0. The first-order chi connectivity index (χ1) is 6.86. The molecule has 0 atom stereocenters. The highest BCUT2D eigenvalue weighted by Gasteiger charge is 1.92. The maximum absolute atomic E-state index is 5.28. The van der Waals surface area contributed by atoms with Gasteiger partial charge in [-0.1, -0.05) is 0 Å². The van der Waals surface area contributed by atoms with Gasteiger partial charge < -0.3 is 9.47 Å². The lowest BCUT2D eigenvalue weighted by molar-refractivity contribution is 0.330. The van der Waals surface area contributed by atoms with Crippen LogP contribution in [0.5, 0.6) is 11.5 Å². The van der Waals surface area contributed by atoms with E-state index in [1.807, 2.05) is 38.1 Å². The topological polar surface area (TPSA) is 18.5 Å². The lowest BCUT2D eigenvalue weighted by Crippen LogP contribution is -1.93. The van der Waals surface area contributed by atoms with E-state index in [9.17, 15) is 0 Å². The molecular weight excluding hydrogens is 176 g/mol. The van der Waals surface area contributed by atoms with Crippen molar-refractivity contribution in [2.24, 2.45) is 0 Å². The minimum absolute atomic E-state index is 0.702. The number of benzene rings is 1. The Hall–Kier alpha value is -1.44. The molecule has 0 aliphatic rings. The van der Waals surface area contributed by atoms with Gasteiger partial charge in [-0.2, -0.15) is 0 Å². The second-order valence-electron chi connectivity index (χ2n) is 2.34. The fraction of sp³-hybridized carbons (Fsp3) is 0.333. The van der Waals surface area contributed by atoms with Crippen molar-refractivity contribution in [3.05, 3.63) is 37.4 Å². The van der Waals surface area contributed by atoms with Crippen molar-refractivity contribution in [2.45, 2.75) is 13.8 Å². The van der Waals surface area contributed by atoms with Crippen LogP contribution in [0, 0.1) is 0 Å². The van der Waals surface area contributed by atoms with Crippen LogP contribution >= 0.6 is 0 Å². The second-order valence-corrected chi connectivity index (χ2v) is 2.34. The third-order valence-electron chi connectivity index (χ3n) is 1.45. The number of ether oxygens (including phenoxy) is 2. The van der Waals surface area contributed by atoms with Crippen molar-refractivity contribution in [3.8, 4) is 11.5 Å². The van der Waals surface area contributed by atoms with E-state index in [1.54, 1.807) is 0 Å². The molecule has 0 aliphatic carbocycles. The molecule has 0 heterocycles. The van der Waals surface area contributed by atoms with Gasteiger partial charge in [-0.15, -0.1) is 13.2 Å². The van der Waals surface area contributed by atoms with E-state index < -0.39 is 0 Å². The highest BCUT2D eigenvalue weighted by molar-refractivity contribution is 5.31. The molecule has 0 spiro atoms. The van der Waals surface area contributed by atoms with Gasteiger partial charge in [0, 0.05) is 0 Å². The zero-order valence-corrected chi connectivity index (χ0v) is 8.95. The molecule has 0 N–H and O–H groups in total. The molecule has 2 heteroatoms. The number of hydrogen-bond donors (Lipinski definition) is 0. The zero-order valence-electron chi connectivity index (χ0n) is 8.95. The van der Waals surface area contributed by atoms with Gasteiger partial charge in [0.15, 0.2) is 0 Å². The van der Waals surface area contributed by atoms with Crippen LogP contribution < -0.4 is 9.47 Å². The summed E-state index contributed by atoms with van der Waals surface area (Å²) in [5.74, 6) is 1.78. The van der Waals surface area contributed by atoms with Gasteiger partial charge in [-0.25, -0.2) is 0 Å². The molecule has 0 radical (unpaired) electrons. The van der Waals surface area contributed by atoms with E-state index in [0.29, 0.717) is 13.2 Å². The maximum atomic E-state index is 5.28. The standard InChI is InChI=1S/C10H14O2.C2H4/c1-3-11-9-5-7-10(8-6-9)12-4-2;1-2/h5-8H,3-4H2,1-2H3;1-2H2. The molecule has 1 aromatic rings. The predicted octanol–water partition coefficient (Wildman–Crippen LogP) is 3.29. The number of rotatable bonds is 4. The van der Waals surface area contributed by atoms with Crippen molar-refractivity contribution in [1.29, 1.82) is 0 Å². The van der Waals surface area contributed by atoms with Gasteiger partial charge >= 0.3 is 0 Å². The fourth-order valence-corrected chi connectivity index (χ4v) is 0.965. The molecule has 14 heavy (non-hydrogen) atoms. The lowest BCUT2D eigenvalue weighted by atomic mass is 10.3. The van der Waals surface area contributed by atoms with Crippen LogP contribution in [-0.4, -0.2) is 13.2 Å². The molecule has 0 amide bonds. The Morgan fingerprint density at radius 1 is 0.857 bits per heavy atom. The Kier molecular flexibility index (Phi) is 7.33. The van der Waals surface area contributed by atoms with E-state index in [4.69, 9.17) is 9.47 Å². The smallest absolute Gasteiger partial charge is 0.119 e. The van der Waals surface area contributed by atoms with Crippen LogP contribution in [0.1, 0.15) is 13.8 Å². The fourth-order valence-electron chi connectivity index (χ4n) is 0.965. The molecule has 78 valence electrons. The Morgan fingerprint density at radius 3 is 1.36 bits per heavy atom. The van der Waals surface area contributed by atoms with E-state index in [2.05, 4.69) is 13.2 Å². The Labute approximate surface area is 86.2 Å². The van der Waals surface area contributed by atoms with Crippen molar-refractivity contribution >= 4 is 0 Å². The molecular formula is C12H18O2. The highest BCUT2D eigenvalue weighted by Crippen LogP contribution is 2.17. The molecule has 0 saturated carbocycles. The molecule has 0 saturated heterocycles. The normalized spacial score (nSPS) is 8.43. The highest BCUT2D eigenvalue weighted by atomic mass is 16.5. The van der Waals surface area contributed by atoms with E-state index in [1.165, 1.54) is 0 Å². The summed E-state index contributed by atoms with van der Waals surface area (Å²) in [6, 6.07) is 7.64. The summed E-state index contributed by atoms with van der Waals surface area (Å²) in [6.07, 6.45) is 0. The van der Waals surface area contributed by atoms with Crippen molar-refractivity contribution in [2.75, 3.05) is 13.2 Å². The summed E-state index contributed by atoms with van der Waals surface area (Å²) in [6.45, 7) is 11.3.